The van der Waals surface area contributed by atoms with Gasteiger partial charge in [-0.3, -0.25) is 19.8 Å². The summed E-state index contributed by atoms with van der Waals surface area (Å²) < 4.78 is 4.56. The second kappa shape index (κ2) is 17.7. The molecule has 0 aliphatic heterocycles. The van der Waals surface area contributed by atoms with Crippen LogP contribution in [0.15, 0.2) is 48.8 Å². The van der Waals surface area contributed by atoms with E-state index in [1.165, 1.54) is 31.6 Å². The van der Waals surface area contributed by atoms with Gasteiger partial charge in [0.15, 0.2) is 11.4 Å². The van der Waals surface area contributed by atoms with E-state index in [0.29, 0.717) is 0 Å². The van der Waals surface area contributed by atoms with E-state index < -0.39 is 23.8 Å². The van der Waals surface area contributed by atoms with Crippen LogP contribution in [0.5, 0.6) is 0 Å². The maximum Gasteiger partial charge on any atom is 1.00 e. The number of H-pyrrole nitrogens is 2. The first kappa shape index (κ1) is 38.9. The number of carboxylic acids is 1. The Morgan fingerprint density at radius 2 is 1.12 bits per heavy atom. The maximum atomic E-state index is 12.1. The zero-order chi connectivity index (χ0) is 28.7. The number of benzene rings is 2. The number of aromatic amines is 2. The normalized spacial score (nSPS) is 9.45. The number of methoxy groups -OCH3 is 1. The van der Waals surface area contributed by atoms with Gasteiger partial charge in [0.05, 0.1) is 62.1 Å². The number of aromatic nitrogens is 4. The number of esters is 1. The molecule has 2 heterocycles. The molecule has 0 saturated carbocycles. The summed E-state index contributed by atoms with van der Waals surface area (Å²) in [5.74, 6) is -3.05. The molecule has 4 rings (SSSR count). The Labute approximate surface area is 280 Å². The van der Waals surface area contributed by atoms with Crippen LogP contribution in [0.1, 0.15) is 49.1 Å². The van der Waals surface area contributed by atoms with Gasteiger partial charge in [0.2, 0.25) is 0 Å². The molecule has 2 aromatic carbocycles. The first-order valence-electron chi connectivity index (χ1n) is 10.4. The van der Waals surface area contributed by atoms with Crippen LogP contribution in [0.4, 0.5) is 11.4 Å². The second-order valence-electron chi connectivity index (χ2n) is 7.22. The minimum Gasteiger partial charge on any atom is -0.870 e. The molecule has 0 radical (unpaired) electrons. The molecule has 0 aliphatic carbocycles. The first-order chi connectivity index (χ1) is 18.5. The first-order valence-corrected chi connectivity index (χ1v) is 11.9. The number of carbonyl (C=O) groups excluding carboxylic acids is 3. The van der Waals surface area contributed by atoms with Gasteiger partial charge in [-0.05, 0) is 24.3 Å². The molecule has 0 spiro atoms. The van der Waals surface area contributed by atoms with Crippen LogP contribution in [-0.2, 0) is 4.74 Å². The predicted octanol–water partition coefficient (Wildman–Crippen LogP) is 2.89. The van der Waals surface area contributed by atoms with Crippen molar-refractivity contribution in [3.63, 3.8) is 0 Å². The van der Waals surface area contributed by atoms with E-state index >= 15 is 0 Å². The topological polar surface area (TPSA) is 209 Å². The van der Waals surface area contributed by atoms with Gasteiger partial charge in [0.25, 0.3) is 11.8 Å². The molecular formula is C24H21Cl4N6NaO7. The van der Waals surface area contributed by atoms with Crippen LogP contribution >= 0.6 is 46.4 Å². The van der Waals surface area contributed by atoms with Crippen LogP contribution < -0.4 is 40.2 Å². The van der Waals surface area contributed by atoms with Gasteiger partial charge in [-0.25, -0.2) is 9.59 Å². The minimum absolute atomic E-state index is 0. The van der Waals surface area contributed by atoms with Crippen molar-refractivity contribution in [2.45, 2.75) is 7.43 Å². The molecule has 42 heavy (non-hydrogen) atoms. The van der Waals surface area contributed by atoms with Crippen molar-refractivity contribution in [2.24, 2.45) is 0 Å². The fourth-order valence-electron chi connectivity index (χ4n) is 2.98. The molecule has 2 aromatic heterocycles. The van der Waals surface area contributed by atoms with Crippen molar-refractivity contribution in [3.05, 3.63) is 91.4 Å². The van der Waals surface area contributed by atoms with Crippen LogP contribution in [0.25, 0.3) is 0 Å². The number of carbonyl (C=O) groups is 4. The number of aromatic carboxylic acids is 1. The molecule has 4 aromatic rings. The number of halogens is 4. The SMILES string of the molecule is C.COC(=O)c1[nH]ncc1NC(=O)c1c(Cl)cccc1Cl.O=C(O)c1[nH]ncc1NC(=O)c1c(Cl)cccc1Cl.[Na+].[OH-]. The minimum atomic E-state index is -1.24. The van der Waals surface area contributed by atoms with Gasteiger partial charge < -0.3 is 26.0 Å². The molecule has 0 bridgehead atoms. The molecule has 0 atom stereocenters. The predicted molar refractivity (Wildman–Crippen MR) is 153 cm³/mol. The summed E-state index contributed by atoms with van der Waals surface area (Å²) in [6.07, 6.45) is 2.47. The monoisotopic (exact) mass is 668 g/mol. The van der Waals surface area contributed by atoms with E-state index in [4.69, 9.17) is 51.5 Å². The van der Waals surface area contributed by atoms with Gasteiger partial charge in [0, 0.05) is 0 Å². The number of hydrogen-bond acceptors (Lipinski definition) is 8. The Balaban J connectivity index is 0.000000748. The van der Waals surface area contributed by atoms with Crippen molar-refractivity contribution in [1.82, 2.24) is 20.4 Å². The average molecular weight is 670 g/mol. The number of rotatable bonds is 6. The summed E-state index contributed by atoms with van der Waals surface area (Å²) in [6, 6.07) is 9.32. The molecule has 13 nitrogen and oxygen atoms in total. The van der Waals surface area contributed by atoms with E-state index in [-0.39, 0.29) is 96.4 Å². The van der Waals surface area contributed by atoms with E-state index in [0.717, 1.165) is 0 Å². The largest absolute Gasteiger partial charge is 1.00 e. The molecule has 18 heteroatoms. The third kappa shape index (κ3) is 9.44. The smallest absolute Gasteiger partial charge is 0.870 e. The maximum absolute atomic E-state index is 12.1. The molecule has 0 saturated heterocycles. The molecule has 0 aliphatic rings. The molecular weight excluding hydrogens is 649 g/mol. The molecule has 218 valence electrons. The van der Waals surface area contributed by atoms with E-state index in [2.05, 4.69) is 35.8 Å². The number of nitrogens with zero attached hydrogens (tertiary/aromatic N) is 2. The average Bonchev–Trinajstić information content (AvgIpc) is 3.53. The van der Waals surface area contributed by atoms with Gasteiger partial charge in [-0.15, -0.1) is 0 Å². The molecule has 0 unspecified atom stereocenters. The van der Waals surface area contributed by atoms with E-state index in [1.807, 2.05) is 0 Å². The third-order valence-electron chi connectivity index (χ3n) is 4.76. The van der Waals surface area contributed by atoms with Crippen LogP contribution in [-0.4, -0.2) is 61.8 Å². The van der Waals surface area contributed by atoms with Crippen LogP contribution in [0.2, 0.25) is 20.1 Å². The zero-order valence-electron chi connectivity index (χ0n) is 21.0. The molecule has 0 fully saturated rings. The summed E-state index contributed by atoms with van der Waals surface area (Å²) >= 11 is 23.6. The molecule has 6 N–H and O–H groups in total. The summed E-state index contributed by atoms with van der Waals surface area (Å²) in [6.45, 7) is 0. The third-order valence-corrected chi connectivity index (χ3v) is 6.02. The fraction of sp³-hybridized carbons (Fsp3) is 0.0833. The Kier molecular flexibility index (Phi) is 16.4. The summed E-state index contributed by atoms with van der Waals surface area (Å²) in [5, 5.41) is 26.4. The van der Waals surface area contributed by atoms with E-state index in [9.17, 15) is 19.2 Å². The second-order valence-corrected chi connectivity index (χ2v) is 8.84. The van der Waals surface area contributed by atoms with Crippen molar-refractivity contribution < 1.29 is 64.1 Å². The summed E-state index contributed by atoms with van der Waals surface area (Å²) in [5.41, 5.74) is 0.211. The number of hydrogen-bond donors (Lipinski definition) is 5. The van der Waals surface area contributed by atoms with Crippen LogP contribution in [0.3, 0.4) is 0 Å². The number of nitrogens with one attached hydrogen (secondary N) is 4. The number of amides is 2. The quantitative estimate of drug-likeness (QED) is 0.151. The summed E-state index contributed by atoms with van der Waals surface area (Å²) in [4.78, 5) is 46.5. The number of carboxylic acid groups (broad SMARTS) is 1. The number of anilines is 2. The van der Waals surface area contributed by atoms with Crippen molar-refractivity contribution in [1.29, 1.82) is 0 Å². The Morgan fingerprint density at radius 3 is 1.48 bits per heavy atom. The fourth-order valence-corrected chi connectivity index (χ4v) is 4.12. The summed E-state index contributed by atoms with van der Waals surface area (Å²) in [7, 11) is 1.22. The Hall–Kier alpha value is -3.14. The number of ether oxygens (including phenoxy) is 1. The van der Waals surface area contributed by atoms with Crippen molar-refractivity contribution >= 4 is 81.5 Å². The molecule has 2 amide bonds. The Morgan fingerprint density at radius 1 is 0.762 bits per heavy atom. The Bertz CT molecular complexity index is 1520. The van der Waals surface area contributed by atoms with E-state index in [1.54, 1.807) is 24.3 Å². The van der Waals surface area contributed by atoms with Crippen molar-refractivity contribution in [2.75, 3.05) is 17.7 Å². The van der Waals surface area contributed by atoms with Crippen molar-refractivity contribution in [3.8, 4) is 0 Å². The van der Waals surface area contributed by atoms with Crippen LogP contribution in [0, 0.1) is 0 Å². The standard InChI is InChI=1S/C12H9Cl2N3O3.C11H7Cl2N3O3.CH4.Na.H2O/c1-20-12(19)10-8(5-15-17-10)16-11(18)9-6(13)3-2-4-7(9)14;12-5-2-1-3-6(13)8(5)10(17)15-7-4-14-16-9(7)11(18)19;;;/h2-5H,1H3,(H,15,17)(H,16,18);1-4H,(H,14,16)(H,15,17)(H,18,19);1H4;;1H2/q;;;+1;/p-1. The van der Waals surface area contributed by atoms with Gasteiger partial charge in [-0.2, -0.15) is 10.2 Å². The zero-order valence-corrected chi connectivity index (χ0v) is 26.0. The van der Waals surface area contributed by atoms with Gasteiger partial charge in [-0.1, -0.05) is 66.0 Å². The van der Waals surface area contributed by atoms with Gasteiger partial charge >= 0.3 is 41.5 Å². The van der Waals surface area contributed by atoms with Gasteiger partial charge in [0.1, 0.15) is 0 Å².